The minimum absolute atomic E-state index is 0.846. The summed E-state index contributed by atoms with van der Waals surface area (Å²) in [5, 5.41) is 14.2. The Bertz CT molecular complexity index is 4030. The van der Waals surface area contributed by atoms with Gasteiger partial charge in [-0.1, -0.05) is 218 Å². The van der Waals surface area contributed by atoms with Gasteiger partial charge in [0.15, 0.2) is 0 Å². The average Bonchev–Trinajstić information content (AvgIpc) is 4.10. The van der Waals surface area contributed by atoms with Gasteiger partial charge in [-0.05, 0) is 91.7 Å². The number of pyridine rings is 1. The molecule has 4 heterocycles. The number of rotatable bonds is 10. The zero-order valence-corrected chi connectivity index (χ0v) is 40.7. The molecule has 0 atom stereocenters. The molecule has 334 valence electrons. The quantitative estimate of drug-likeness (QED) is 0.101. The molecule has 0 bridgehead atoms. The Hall–Kier alpha value is -8.66. The van der Waals surface area contributed by atoms with Crippen molar-refractivity contribution in [1.82, 2.24) is 14.0 Å². The first kappa shape index (κ1) is 41.3. The highest BCUT2D eigenvalue weighted by atomic mass is 28.4. The zero-order chi connectivity index (χ0) is 46.9. The summed E-state index contributed by atoms with van der Waals surface area (Å²) in [4.78, 5) is 5.91. The number of nitrogens with zero attached hydrogens (tertiary/aromatic N) is 3. The lowest BCUT2D eigenvalue weighted by atomic mass is 9.98. The maximum atomic E-state index is 8.65. The number of aromatic nitrogens is 3. The molecule has 0 aliphatic heterocycles. The van der Waals surface area contributed by atoms with E-state index in [9.17, 15) is 0 Å². The highest BCUT2D eigenvalue weighted by Crippen LogP contribution is 2.43. The summed E-state index contributed by atoms with van der Waals surface area (Å²) in [7, 11) is -6.93. The van der Waals surface area contributed by atoms with E-state index < -0.39 is 16.6 Å². The van der Waals surface area contributed by atoms with Gasteiger partial charge in [0.1, 0.15) is 5.82 Å². The number of hydrogen-bond acceptors (Lipinski definition) is 2. The molecule has 0 aliphatic rings. The molecule has 4 aromatic heterocycles. The first-order chi connectivity index (χ1) is 35.2. The minimum Gasteiger partial charge on any atom is -0.434 e. The normalized spacial score (nSPS) is 12.3. The van der Waals surface area contributed by atoms with Gasteiger partial charge in [-0.3, -0.25) is 4.57 Å². The second kappa shape index (κ2) is 16.5. The van der Waals surface area contributed by atoms with Gasteiger partial charge in [0, 0.05) is 32.3 Å². The van der Waals surface area contributed by atoms with Crippen LogP contribution >= 0.6 is 0 Å². The average molecular weight is 940 g/mol. The van der Waals surface area contributed by atoms with Crippen LogP contribution in [-0.2, 0) is 4.12 Å². The van der Waals surface area contributed by atoms with Crippen LogP contribution in [0.5, 0.6) is 0 Å². The van der Waals surface area contributed by atoms with E-state index in [-0.39, 0.29) is 0 Å². The lowest BCUT2D eigenvalue weighted by Gasteiger charge is -2.43. The van der Waals surface area contributed by atoms with Crippen molar-refractivity contribution in [3.63, 3.8) is 0 Å². The molecule has 0 amide bonds. The largest absolute Gasteiger partial charge is 0.434 e. The van der Waals surface area contributed by atoms with Gasteiger partial charge in [0.2, 0.25) is 0 Å². The molecule has 0 saturated heterocycles. The standard InChI is InChI=1S/C65H45N3OSi2/c1-6-23-48(24-7-1)70(49-25-8-2-9-26-49,50-27-10-3-11-28-50)69-71(51-29-12-4-13-30-51,52-31-14-5-15-32-52)64-40-22-39-63(66-64)67-59-36-19-16-33-53(59)56-43-46(41-42-62(56)67)47-44-57-54-34-17-20-37-60(54)68-61-38-21-18-35-55(61)58(45-47)65(57)68/h1-45H. The van der Waals surface area contributed by atoms with E-state index in [4.69, 9.17) is 9.10 Å². The van der Waals surface area contributed by atoms with Gasteiger partial charge in [0.25, 0.3) is 16.6 Å². The molecule has 6 heteroatoms. The van der Waals surface area contributed by atoms with E-state index in [1.54, 1.807) is 0 Å². The van der Waals surface area contributed by atoms with Crippen molar-refractivity contribution in [2.45, 2.75) is 0 Å². The molecule has 4 nitrogen and oxygen atoms in total. The molecule has 71 heavy (non-hydrogen) atoms. The van der Waals surface area contributed by atoms with Crippen LogP contribution in [-0.4, -0.2) is 30.6 Å². The van der Waals surface area contributed by atoms with Crippen LogP contribution in [0.3, 0.4) is 0 Å². The molecule has 0 aliphatic carbocycles. The molecule has 0 saturated carbocycles. The summed E-state index contributed by atoms with van der Waals surface area (Å²) >= 11 is 0. The maximum Gasteiger partial charge on any atom is 0.297 e. The van der Waals surface area contributed by atoms with Crippen LogP contribution in [0.15, 0.2) is 273 Å². The Morgan fingerprint density at radius 2 is 0.690 bits per heavy atom. The Morgan fingerprint density at radius 3 is 1.18 bits per heavy atom. The molecule has 14 aromatic rings. The fourth-order valence-electron chi connectivity index (χ4n) is 11.7. The summed E-state index contributed by atoms with van der Waals surface area (Å²) in [6, 6.07) is 99.4. The Balaban J connectivity index is 1.00. The summed E-state index contributed by atoms with van der Waals surface area (Å²) in [6.07, 6.45) is 0. The van der Waals surface area contributed by atoms with E-state index in [0.29, 0.717) is 0 Å². The van der Waals surface area contributed by atoms with Crippen molar-refractivity contribution >= 4 is 108 Å². The zero-order valence-electron chi connectivity index (χ0n) is 38.7. The van der Waals surface area contributed by atoms with Gasteiger partial charge in [-0.15, -0.1) is 0 Å². The molecule has 0 fully saturated rings. The van der Waals surface area contributed by atoms with E-state index >= 15 is 0 Å². The lowest BCUT2D eigenvalue weighted by Crippen LogP contribution is -2.81. The summed E-state index contributed by atoms with van der Waals surface area (Å²) in [5.74, 6) is 0.846. The van der Waals surface area contributed by atoms with Crippen LogP contribution in [0.4, 0.5) is 0 Å². The third kappa shape index (κ3) is 6.29. The van der Waals surface area contributed by atoms with Crippen LogP contribution in [0, 0.1) is 0 Å². The van der Waals surface area contributed by atoms with Crippen molar-refractivity contribution in [3.8, 4) is 16.9 Å². The number of hydrogen-bond donors (Lipinski definition) is 0. The third-order valence-corrected chi connectivity index (χ3v) is 23.9. The monoisotopic (exact) mass is 939 g/mol. The number of fused-ring (bicyclic) bond motifs is 9. The Labute approximate surface area is 413 Å². The summed E-state index contributed by atoms with van der Waals surface area (Å²) < 4.78 is 13.5. The number of para-hydroxylation sites is 3. The van der Waals surface area contributed by atoms with Gasteiger partial charge < -0.3 is 8.52 Å². The second-order valence-electron chi connectivity index (χ2n) is 18.5. The van der Waals surface area contributed by atoms with Crippen LogP contribution in [0.2, 0.25) is 0 Å². The Kier molecular flexibility index (Phi) is 9.61. The van der Waals surface area contributed by atoms with Gasteiger partial charge in [-0.2, -0.15) is 0 Å². The van der Waals surface area contributed by atoms with Gasteiger partial charge in [-0.25, -0.2) is 4.98 Å². The molecule has 0 unspecified atom stereocenters. The predicted molar refractivity (Wildman–Crippen MR) is 301 cm³/mol. The molecule has 0 radical (unpaired) electrons. The van der Waals surface area contributed by atoms with Crippen molar-refractivity contribution < 1.29 is 4.12 Å². The van der Waals surface area contributed by atoms with E-state index in [0.717, 1.165) is 32.5 Å². The second-order valence-corrected chi connectivity index (χ2v) is 25.5. The van der Waals surface area contributed by atoms with E-state index in [1.807, 2.05) is 0 Å². The third-order valence-electron chi connectivity index (χ3n) is 14.7. The van der Waals surface area contributed by atoms with Gasteiger partial charge >= 0.3 is 0 Å². The summed E-state index contributed by atoms with van der Waals surface area (Å²) in [6.45, 7) is 0. The number of benzene rings is 10. The molecule has 0 N–H and O–H groups in total. The maximum absolute atomic E-state index is 8.65. The molecular weight excluding hydrogens is 895 g/mol. The molecule has 14 rings (SSSR count). The van der Waals surface area contributed by atoms with Crippen LogP contribution in [0.1, 0.15) is 0 Å². The van der Waals surface area contributed by atoms with Crippen molar-refractivity contribution in [2.24, 2.45) is 0 Å². The highest BCUT2D eigenvalue weighted by Gasteiger charge is 2.54. The fraction of sp³-hybridized carbons (Fsp3) is 0. The van der Waals surface area contributed by atoms with Crippen molar-refractivity contribution in [1.29, 1.82) is 0 Å². The van der Waals surface area contributed by atoms with E-state index in [2.05, 4.69) is 282 Å². The first-order valence-corrected chi connectivity index (χ1v) is 28.2. The Morgan fingerprint density at radius 1 is 0.296 bits per heavy atom. The van der Waals surface area contributed by atoms with Crippen molar-refractivity contribution in [2.75, 3.05) is 0 Å². The van der Waals surface area contributed by atoms with Crippen LogP contribution < -0.4 is 31.3 Å². The lowest BCUT2D eigenvalue weighted by molar-refractivity contribution is 0.598. The van der Waals surface area contributed by atoms with E-state index in [1.165, 1.54) is 75.6 Å². The topological polar surface area (TPSA) is 31.5 Å². The molecular formula is C65H45N3OSi2. The highest BCUT2D eigenvalue weighted by molar-refractivity contribution is 7.18. The smallest absolute Gasteiger partial charge is 0.297 e. The summed E-state index contributed by atoms with van der Waals surface area (Å²) in [5.41, 5.74) is 8.34. The SMILES string of the molecule is c1ccc([Si](O[Si](c2ccccc2)(c2ccccc2)c2cccc(-n3c4ccccc4c4cc(-c5cc6c7ccccc7n7c8ccccc8c(c5)c67)ccc43)n2)(c2ccccc2)c2ccccc2)cc1. The van der Waals surface area contributed by atoms with Crippen LogP contribution in [0.25, 0.3) is 76.8 Å². The minimum atomic E-state index is -3.57. The fourth-order valence-corrected chi connectivity index (χ4v) is 22.1. The predicted octanol–water partition coefficient (Wildman–Crippen LogP) is 11.6. The molecule has 10 aromatic carbocycles. The first-order valence-electron chi connectivity index (χ1n) is 24.4. The molecule has 0 spiro atoms. The van der Waals surface area contributed by atoms with Gasteiger partial charge in [0.05, 0.1) is 32.9 Å². The van der Waals surface area contributed by atoms with Crippen molar-refractivity contribution in [3.05, 3.63) is 273 Å².